The van der Waals surface area contributed by atoms with Gasteiger partial charge < -0.3 is 18.9 Å². The second kappa shape index (κ2) is 12.5. The smallest absolute Gasteiger partial charge is 0.335 e. The molecule has 0 radical (unpaired) electrons. The number of ether oxygens (including phenoxy) is 4. The summed E-state index contributed by atoms with van der Waals surface area (Å²) < 4.78 is 20.8. The predicted molar refractivity (Wildman–Crippen MR) is 141 cm³/mol. The van der Waals surface area contributed by atoms with Crippen molar-refractivity contribution in [2.24, 2.45) is 0 Å². The van der Waals surface area contributed by atoms with Gasteiger partial charge in [-0.1, -0.05) is 56.6 Å². The lowest BCUT2D eigenvalue weighted by molar-refractivity contribution is -0.131. The average Bonchev–Trinajstić information content (AvgIpc) is 2.93. The van der Waals surface area contributed by atoms with Crippen LogP contribution < -0.4 is 18.9 Å². The molecule has 0 unspecified atom stereocenters. The van der Waals surface area contributed by atoms with Gasteiger partial charge in [0, 0.05) is 30.4 Å². The number of esters is 4. The van der Waals surface area contributed by atoms with Gasteiger partial charge in [-0.3, -0.25) is 0 Å². The fraction of sp³-hybridized carbons (Fsp3) is 0. The van der Waals surface area contributed by atoms with Crippen molar-refractivity contribution in [1.82, 2.24) is 0 Å². The second-order valence-electron chi connectivity index (χ2n) is 7.43. The molecule has 0 N–H and O–H groups in total. The largest absolute Gasteiger partial charge is 0.423 e. The van der Waals surface area contributed by atoms with Crippen molar-refractivity contribution in [1.29, 1.82) is 0 Å². The molecule has 190 valence electrons. The molecular weight excluding hydrogens is 488 g/mol. The first kappa shape index (κ1) is 27.1. The molecule has 38 heavy (non-hydrogen) atoms. The molecule has 0 aliphatic carbocycles. The maximum absolute atomic E-state index is 11.8. The number of rotatable bonds is 10. The van der Waals surface area contributed by atoms with Gasteiger partial charge in [0.15, 0.2) is 11.5 Å². The standard InChI is InChI=1S/C30H22O8/c1-5-27(31)35-23-15-22(16-24(18-23)36-28(32)6-2)20-11-9-19(10-12-20)21-13-14-25(37-29(33)7-3)26(17-21)38-30(34)8-4/h5-18H,1-4H2. The Bertz CT molecular complexity index is 1410. The lowest BCUT2D eigenvalue weighted by Crippen LogP contribution is -2.08. The van der Waals surface area contributed by atoms with Crippen LogP contribution in [-0.4, -0.2) is 23.9 Å². The van der Waals surface area contributed by atoms with Crippen LogP contribution in [0.15, 0.2) is 111 Å². The van der Waals surface area contributed by atoms with Gasteiger partial charge in [-0.15, -0.1) is 0 Å². The minimum absolute atomic E-state index is 0.0251. The SMILES string of the molecule is C=CC(=O)Oc1cc(OC(=O)C=C)cc(-c2ccc(-c3ccc(OC(=O)C=C)c(OC(=O)C=C)c3)cc2)c1. The fourth-order valence-corrected chi connectivity index (χ4v) is 3.18. The highest BCUT2D eigenvalue weighted by atomic mass is 16.6. The zero-order valence-electron chi connectivity index (χ0n) is 20.2. The van der Waals surface area contributed by atoms with E-state index in [0.717, 1.165) is 35.4 Å². The third kappa shape index (κ3) is 7.02. The van der Waals surface area contributed by atoms with Crippen molar-refractivity contribution in [3.8, 4) is 45.3 Å². The molecule has 3 rings (SSSR count). The molecule has 3 aromatic rings. The summed E-state index contributed by atoms with van der Waals surface area (Å²) in [6.07, 6.45) is 4.01. The third-order valence-corrected chi connectivity index (χ3v) is 4.90. The zero-order valence-corrected chi connectivity index (χ0v) is 20.2. The summed E-state index contributed by atoms with van der Waals surface area (Å²) in [4.78, 5) is 46.8. The maximum Gasteiger partial charge on any atom is 0.335 e. The lowest BCUT2D eigenvalue weighted by Gasteiger charge is -2.12. The molecule has 0 bridgehead atoms. The molecule has 0 saturated heterocycles. The van der Waals surface area contributed by atoms with E-state index in [2.05, 4.69) is 26.3 Å². The number of carbonyl (C=O) groups excluding carboxylic acids is 4. The predicted octanol–water partition coefficient (Wildman–Crippen LogP) is 5.39. The summed E-state index contributed by atoms with van der Waals surface area (Å²) in [5.74, 6) is -2.41. The van der Waals surface area contributed by atoms with Crippen LogP contribution in [0.5, 0.6) is 23.0 Å². The molecule has 8 heteroatoms. The Labute approximate surface area is 218 Å². The first-order chi connectivity index (χ1) is 18.3. The molecule has 8 nitrogen and oxygen atoms in total. The first-order valence-corrected chi connectivity index (χ1v) is 11.0. The molecule has 0 atom stereocenters. The Morgan fingerprint density at radius 1 is 0.447 bits per heavy atom. The second-order valence-corrected chi connectivity index (χ2v) is 7.43. The number of benzene rings is 3. The summed E-state index contributed by atoms with van der Waals surface area (Å²) in [6.45, 7) is 13.5. The van der Waals surface area contributed by atoms with Crippen LogP contribution in [0.3, 0.4) is 0 Å². The normalized spacial score (nSPS) is 9.89. The van der Waals surface area contributed by atoms with E-state index in [0.29, 0.717) is 11.1 Å². The molecule has 0 spiro atoms. The van der Waals surface area contributed by atoms with Gasteiger partial charge in [0.25, 0.3) is 0 Å². The van der Waals surface area contributed by atoms with E-state index in [1.807, 2.05) is 0 Å². The van der Waals surface area contributed by atoms with Gasteiger partial charge in [0.1, 0.15) is 11.5 Å². The highest BCUT2D eigenvalue weighted by Gasteiger charge is 2.14. The first-order valence-electron chi connectivity index (χ1n) is 11.0. The van der Waals surface area contributed by atoms with Crippen molar-refractivity contribution in [2.75, 3.05) is 0 Å². The molecular formula is C30H22O8. The monoisotopic (exact) mass is 510 g/mol. The highest BCUT2D eigenvalue weighted by molar-refractivity contribution is 5.87. The van der Waals surface area contributed by atoms with E-state index < -0.39 is 23.9 Å². The Morgan fingerprint density at radius 2 is 0.842 bits per heavy atom. The number of carbonyl (C=O) groups is 4. The molecule has 0 amide bonds. The van der Waals surface area contributed by atoms with Crippen LogP contribution in [0.1, 0.15) is 0 Å². The van der Waals surface area contributed by atoms with Gasteiger partial charge in [-0.05, 0) is 46.5 Å². The Kier molecular flexibility index (Phi) is 8.88. The Hall–Kier alpha value is -5.50. The van der Waals surface area contributed by atoms with Gasteiger partial charge in [-0.25, -0.2) is 19.2 Å². The summed E-state index contributed by atoms with van der Waals surface area (Å²) >= 11 is 0. The number of hydrogen-bond acceptors (Lipinski definition) is 8. The van der Waals surface area contributed by atoms with Gasteiger partial charge in [0.2, 0.25) is 0 Å². The fourth-order valence-electron chi connectivity index (χ4n) is 3.18. The van der Waals surface area contributed by atoms with Crippen molar-refractivity contribution in [3.05, 3.63) is 111 Å². The molecule has 0 fully saturated rings. The van der Waals surface area contributed by atoms with Crippen LogP contribution in [-0.2, 0) is 19.2 Å². The van der Waals surface area contributed by atoms with Gasteiger partial charge in [0.05, 0.1) is 0 Å². The minimum atomic E-state index is -0.724. The minimum Gasteiger partial charge on any atom is -0.423 e. The number of hydrogen-bond donors (Lipinski definition) is 0. The van der Waals surface area contributed by atoms with E-state index in [1.165, 1.54) is 12.1 Å². The van der Waals surface area contributed by atoms with Crippen LogP contribution in [0.25, 0.3) is 22.3 Å². The van der Waals surface area contributed by atoms with Crippen molar-refractivity contribution < 1.29 is 38.1 Å². The van der Waals surface area contributed by atoms with Crippen molar-refractivity contribution >= 4 is 23.9 Å². The molecule has 0 saturated carbocycles. The molecule has 0 aromatic heterocycles. The zero-order chi connectivity index (χ0) is 27.7. The van der Waals surface area contributed by atoms with Crippen molar-refractivity contribution in [2.45, 2.75) is 0 Å². The van der Waals surface area contributed by atoms with E-state index in [9.17, 15) is 19.2 Å². The maximum atomic E-state index is 11.8. The van der Waals surface area contributed by atoms with E-state index in [-0.39, 0.29) is 23.0 Å². The van der Waals surface area contributed by atoms with Gasteiger partial charge in [-0.2, -0.15) is 0 Å². The highest BCUT2D eigenvalue weighted by Crippen LogP contribution is 2.35. The topological polar surface area (TPSA) is 105 Å². The van der Waals surface area contributed by atoms with Gasteiger partial charge >= 0.3 is 23.9 Å². The Balaban J connectivity index is 1.97. The molecule has 0 heterocycles. The van der Waals surface area contributed by atoms with Crippen LogP contribution in [0.4, 0.5) is 0 Å². The quantitative estimate of drug-likeness (QED) is 0.203. The summed E-state index contributed by atoms with van der Waals surface area (Å²) in [7, 11) is 0. The van der Waals surface area contributed by atoms with E-state index >= 15 is 0 Å². The average molecular weight is 510 g/mol. The summed E-state index contributed by atoms with van der Waals surface area (Å²) in [5.41, 5.74) is 2.73. The summed E-state index contributed by atoms with van der Waals surface area (Å²) in [6, 6.07) is 16.5. The van der Waals surface area contributed by atoms with E-state index in [4.69, 9.17) is 18.9 Å². The van der Waals surface area contributed by atoms with Crippen LogP contribution >= 0.6 is 0 Å². The van der Waals surface area contributed by atoms with E-state index in [1.54, 1.807) is 48.5 Å². The van der Waals surface area contributed by atoms with Crippen LogP contribution in [0, 0.1) is 0 Å². The third-order valence-electron chi connectivity index (χ3n) is 4.90. The molecule has 3 aromatic carbocycles. The van der Waals surface area contributed by atoms with Crippen molar-refractivity contribution in [3.63, 3.8) is 0 Å². The molecule has 0 aliphatic rings. The lowest BCUT2D eigenvalue weighted by atomic mass is 9.99. The van der Waals surface area contributed by atoms with Crippen LogP contribution in [0.2, 0.25) is 0 Å². The summed E-state index contributed by atoms with van der Waals surface area (Å²) in [5, 5.41) is 0. The molecule has 0 aliphatic heterocycles. The Morgan fingerprint density at radius 3 is 1.32 bits per heavy atom.